The summed E-state index contributed by atoms with van der Waals surface area (Å²) in [6, 6.07) is 0. The van der Waals surface area contributed by atoms with Gasteiger partial charge in [0.15, 0.2) is 0 Å². The van der Waals surface area contributed by atoms with Gasteiger partial charge in [-0.1, -0.05) is 0 Å². The van der Waals surface area contributed by atoms with Crippen LogP contribution in [0.5, 0.6) is 0 Å². The topological polar surface area (TPSA) is 75.4 Å². The summed E-state index contributed by atoms with van der Waals surface area (Å²) in [6.07, 6.45) is 0. The molecule has 0 aromatic carbocycles. The van der Waals surface area contributed by atoms with Crippen LogP contribution < -0.4 is 11.1 Å². The molecular weight excluding hydrogens is 182 g/mol. The SMILES string of the molecule is CCNC(=O)CN(C)C(=O)C(C)(C)N. The zero-order valence-corrected chi connectivity index (χ0v) is 9.26. The van der Waals surface area contributed by atoms with Crippen molar-refractivity contribution in [2.24, 2.45) is 5.73 Å². The quantitative estimate of drug-likeness (QED) is 0.632. The van der Waals surface area contributed by atoms with Gasteiger partial charge in [-0.05, 0) is 20.8 Å². The minimum absolute atomic E-state index is 0.0489. The number of likely N-dealkylation sites (N-methyl/N-ethyl adjacent to an activating group) is 2. The van der Waals surface area contributed by atoms with Gasteiger partial charge < -0.3 is 16.0 Å². The third kappa shape index (κ3) is 4.23. The molecule has 0 atom stereocenters. The molecule has 0 saturated carbocycles. The van der Waals surface area contributed by atoms with Gasteiger partial charge in [0.25, 0.3) is 0 Å². The van der Waals surface area contributed by atoms with Crippen LogP contribution in [0.15, 0.2) is 0 Å². The van der Waals surface area contributed by atoms with Crippen LogP contribution in [0.1, 0.15) is 20.8 Å². The van der Waals surface area contributed by atoms with Crippen molar-refractivity contribution >= 4 is 11.8 Å². The highest BCUT2D eigenvalue weighted by Crippen LogP contribution is 2.01. The Hall–Kier alpha value is -1.10. The van der Waals surface area contributed by atoms with E-state index in [2.05, 4.69) is 5.32 Å². The van der Waals surface area contributed by atoms with E-state index in [-0.39, 0.29) is 18.4 Å². The Kier molecular flexibility index (Phi) is 4.56. The molecule has 0 bridgehead atoms. The Morgan fingerprint density at radius 1 is 1.43 bits per heavy atom. The predicted molar refractivity (Wildman–Crippen MR) is 54.6 cm³/mol. The van der Waals surface area contributed by atoms with E-state index in [1.165, 1.54) is 4.90 Å². The summed E-state index contributed by atoms with van der Waals surface area (Å²) in [5.41, 5.74) is 4.68. The largest absolute Gasteiger partial charge is 0.355 e. The minimum atomic E-state index is -0.929. The number of hydrogen-bond donors (Lipinski definition) is 2. The van der Waals surface area contributed by atoms with Gasteiger partial charge in [0, 0.05) is 13.6 Å². The maximum Gasteiger partial charge on any atom is 0.242 e. The lowest BCUT2D eigenvalue weighted by atomic mass is 10.1. The molecule has 3 N–H and O–H groups in total. The zero-order chi connectivity index (χ0) is 11.4. The molecule has 5 nitrogen and oxygen atoms in total. The van der Waals surface area contributed by atoms with Crippen LogP contribution in [0, 0.1) is 0 Å². The predicted octanol–water partition coefficient (Wildman–Crippen LogP) is -0.682. The van der Waals surface area contributed by atoms with Crippen LogP contribution in [0.2, 0.25) is 0 Å². The van der Waals surface area contributed by atoms with Crippen molar-refractivity contribution in [2.45, 2.75) is 26.3 Å². The zero-order valence-electron chi connectivity index (χ0n) is 9.26. The first-order chi connectivity index (χ1) is 6.29. The van der Waals surface area contributed by atoms with Crippen LogP contribution in [-0.2, 0) is 9.59 Å². The number of amides is 2. The Labute approximate surface area is 84.6 Å². The molecule has 0 radical (unpaired) electrons. The summed E-state index contributed by atoms with van der Waals surface area (Å²) in [5.74, 6) is -0.420. The van der Waals surface area contributed by atoms with Crippen LogP contribution in [0.4, 0.5) is 0 Å². The normalized spacial score (nSPS) is 10.9. The number of carbonyl (C=O) groups is 2. The van der Waals surface area contributed by atoms with Gasteiger partial charge in [-0.3, -0.25) is 9.59 Å². The first kappa shape index (κ1) is 12.9. The average molecular weight is 201 g/mol. The highest BCUT2D eigenvalue weighted by molar-refractivity contribution is 5.89. The van der Waals surface area contributed by atoms with Gasteiger partial charge in [0.1, 0.15) is 0 Å². The Morgan fingerprint density at radius 2 is 1.93 bits per heavy atom. The fraction of sp³-hybridized carbons (Fsp3) is 0.778. The van der Waals surface area contributed by atoms with Crippen LogP contribution >= 0.6 is 0 Å². The summed E-state index contributed by atoms with van der Waals surface area (Å²) in [7, 11) is 1.56. The van der Waals surface area contributed by atoms with E-state index < -0.39 is 5.54 Å². The smallest absolute Gasteiger partial charge is 0.242 e. The van der Waals surface area contributed by atoms with Crippen molar-refractivity contribution < 1.29 is 9.59 Å². The molecule has 14 heavy (non-hydrogen) atoms. The standard InChI is InChI=1S/C9H19N3O2/c1-5-11-7(13)6-12(4)8(14)9(2,3)10/h5-6,10H2,1-4H3,(H,11,13). The van der Waals surface area contributed by atoms with E-state index in [1.807, 2.05) is 6.92 Å². The molecule has 0 aromatic heterocycles. The van der Waals surface area contributed by atoms with Crippen molar-refractivity contribution in [3.63, 3.8) is 0 Å². The molecule has 0 unspecified atom stereocenters. The molecule has 0 aromatic rings. The number of nitrogens with one attached hydrogen (secondary N) is 1. The lowest BCUT2D eigenvalue weighted by Gasteiger charge is -2.25. The van der Waals surface area contributed by atoms with E-state index in [0.29, 0.717) is 6.54 Å². The second kappa shape index (κ2) is 4.95. The average Bonchev–Trinajstić information content (AvgIpc) is 2.01. The highest BCUT2D eigenvalue weighted by atomic mass is 16.2. The van der Waals surface area contributed by atoms with Gasteiger partial charge in [-0.15, -0.1) is 0 Å². The second-order valence-electron chi connectivity index (χ2n) is 3.84. The molecular formula is C9H19N3O2. The Morgan fingerprint density at radius 3 is 2.29 bits per heavy atom. The minimum Gasteiger partial charge on any atom is -0.355 e. The molecule has 0 rings (SSSR count). The molecule has 0 saturated heterocycles. The lowest BCUT2D eigenvalue weighted by Crippen LogP contribution is -2.51. The number of rotatable bonds is 4. The summed E-state index contributed by atoms with van der Waals surface area (Å²) in [4.78, 5) is 24.0. The van der Waals surface area contributed by atoms with E-state index in [1.54, 1.807) is 20.9 Å². The highest BCUT2D eigenvalue weighted by Gasteiger charge is 2.26. The number of carbonyl (C=O) groups excluding carboxylic acids is 2. The fourth-order valence-electron chi connectivity index (χ4n) is 1.03. The molecule has 2 amide bonds. The summed E-state index contributed by atoms with van der Waals surface area (Å²) >= 11 is 0. The van der Waals surface area contributed by atoms with E-state index in [4.69, 9.17) is 5.73 Å². The van der Waals surface area contributed by atoms with Gasteiger partial charge >= 0.3 is 0 Å². The lowest BCUT2D eigenvalue weighted by molar-refractivity contribution is -0.138. The third-order valence-electron chi connectivity index (χ3n) is 1.65. The van der Waals surface area contributed by atoms with E-state index in [9.17, 15) is 9.59 Å². The van der Waals surface area contributed by atoms with Crippen molar-refractivity contribution in [3.05, 3.63) is 0 Å². The monoisotopic (exact) mass is 201 g/mol. The Balaban J connectivity index is 4.15. The fourth-order valence-corrected chi connectivity index (χ4v) is 1.03. The van der Waals surface area contributed by atoms with Crippen molar-refractivity contribution in [1.29, 1.82) is 0 Å². The molecule has 82 valence electrons. The van der Waals surface area contributed by atoms with Crippen LogP contribution in [0.25, 0.3) is 0 Å². The van der Waals surface area contributed by atoms with Crippen molar-refractivity contribution in [2.75, 3.05) is 20.1 Å². The number of hydrogen-bond acceptors (Lipinski definition) is 3. The summed E-state index contributed by atoms with van der Waals surface area (Å²) in [5, 5.41) is 2.61. The second-order valence-corrected chi connectivity index (χ2v) is 3.84. The van der Waals surface area contributed by atoms with Crippen molar-refractivity contribution in [3.8, 4) is 0 Å². The molecule has 0 aliphatic heterocycles. The molecule has 0 aliphatic carbocycles. The molecule has 5 heteroatoms. The van der Waals surface area contributed by atoms with Crippen LogP contribution in [-0.4, -0.2) is 42.4 Å². The molecule has 0 aliphatic rings. The molecule has 0 heterocycles. The van der Waals surface area contributed by atoms with Crippen LogP contribution in [0.3, 0.4) is 0 Å². The van der Waals surface area contributed by atoms with Gasteiger partial charge in [0.2, 0.25) is 11.8 Å². The Bertz CT molecular complexity index is 221. The summed E-state index contributed by atoms with van der Waals surface area (Å²) < 4.78 is 0. The van der Waals surface area contributed by atoms with Gasteiger partial charge in [-0.25, -0.2) is 0 Å². The maximum atomic E-state index is 11.5. The maximum absolute atomic E-state index is 11.5. The van der Waals surface area contributed by atoms with Gasteiger partial charge in [0.05, 0.1) is 12.1 Å². The first-order valence-electron chi connectivity index (χ1n) is 4.60. The first-order valence-corrected chi connectivity index (χ1v) is 4.60. The van der Waals surface area contributed by atoms with Gasteiger partial charge in [-0.2, -0.15) is 0 Å². The molecule has 0 spiro atoms. The van der Waals surface area contributed by atoms with E-state index >= 15 is 0 Å². The summed E-state index contributed by atoms with van der Waals surface area (Å²) in [6.45, 7) is 5.67. The third-order valence-corrected chi connectivity index (χ3v) is 1.65. The van der Waals surface area contributed by atoms with Crippen molar-refractivity contribution in [1.82, 2.24) is 10.2 Å². The molecule has 0 fully saturated rings. The van der Waals surface area contributed by atoms with E-state index in [0.717, 1.165) is 0 Å². The number of nitrogens with two attached hydrogens (primary N) is 1. The number of nitrogens with zero attached hydrogens (tertiary/aromatic N) is 1.